The highest BCUT2D eigenvalue weighted by molar-refractivity contribution is 5.86. The Morgan fingerprint density at radius 3 is 2.81 bits per heavy atom. The maximum absolute atomic E-state index is 12.0. The van der Waals surface area contributed by atoms with Crippen LogP contribution in [0.2, 0.25) is 0 Å². The summed E-state index contributed by atoms with van der Waals surface area (Å²) in [5.41, 5.74) is 5.40. The minimum Gasteiger partial charge on any atom is -0.467 e. The Hall–Kier alpha value is -1.29. The molecule has 88 valence electrons. The number of nitrogens with one attached hydrogen (secondary N) is 1. The van der Waals surface area contributed by atoms with Gasteiger partial charge in [0.2, 0.25) is 5.91 Å². The molecule has 1 aliphatic rings. The number of carbonyl (C=O) groups is 1. The lowest BCUT2D eigenvalue weighted by Crippen LogP contribution is -2.52. The van der Waals surface area contributed by atoms with E-state index in [1.165, 1.54) is 0 Å². The molecule has 1 heterocycles. The summed E-state index contributed by atoms with van der Waals surface area (Å²) in [6.45, 7) is 1.90. The van der Waals surface area contributed by atoms with Crippen LogP contribution >= 0.6 is 0 Å². The van der Waals surface area contributed by atoms with Gasteiger partial charge in [-0.25, -0.2) is 0 Å². The molecule has 1 aromatic heterocycles. The van der Waals surface area contributed by atoms with Crippen LogP contribution in [0.3, 0.4) is 0 Å². The van der Waals surface area contributed by atoms with Crippen molar-refractivity contribution >= 4 is 5.91 Å². The van der Waals surface area contributed by atoms with Gasteiger partial charge in [-0.3, -0.25) is 4.79 Å². The molecule has 0 unspecified atom stereocenters. The molecule has 1 amide bonds. The van der Waals surface area contributed by atoms with Gasteiger partial charge in [0.05, 0.1) is 17.8 Å². The molecule has 4 heteroatoms. The van der Waals surface area contributed by atoms with E-state index in [-0.39, 0.29) is 11.9 Å². The number of nitrogens with two attached hydrogens (primary N) is 1. The van der Waals surface area contributed by atoms with Gasteiger partial charge in [-0.1, -0.05) is 12.8 Å². The maximum atomic E-state index is 12.0. The maximum Gasteiger partial charge on any atom is 0.240 e. The fourth-order valence-corrected chi connectivity index (χ4v) is 2.18. The van der Waals surface area contributed by atoms with E-state index in [1.807, 2.05) is 19.1 Å². The molecule has 1 fully saturated rings. The van der Waals surface area contributed by atoms with Crippen LogP contribution in [0.4, 0.5) is 0 Å². The number of hydrogen-bond acceptors (Lipinski definition) is 3. The van der Waals surface area contributed by atoms with Crippen molar-refractivity contribution in [3.8, 4) is 0 Å². The number of carbonyl (C=O) groups excluding carboxylic acids is 1. The molecule has 0 spiro atoms. The zero-order valence-corrected chi connectivity index (χ0v) is 9.53. The molecule has 4 nitrogen and oxygen atoms in total. The monoisotopic (exact) mass is 222 g/mol. The summed E-state index contributed by atoms with van der Waals surface area (Å²) in [6.07, 6.45) is 5.25. The Morgan fingerprint density at radius 2 is 2.25 bits per heavy atom. The van der Waals surface area contributed by atoms with E-state index >= 15 is 0 Å². The predicted octanol–water partition coefficient (Wildman–Crippen LogP) is 1.73. The molecule has 16 heavy (non-hydrogen) atoms. The molecule has 1 saturated carbocycles. The zero-order valence-electron chi connectivity index (χ0n) is 9.53. The Bertz CT molecular complexity index is 353. The van der Waals surface area contributed by atoms with Gasteiger partial charge in [0.15, 0.2) is 0 Å². The van der Waals surface area contributed by atoms with Crippen LogP contribution in [0.25, 0.3) is 0 Å². The second-order valence-electron chi connectivity index (χ2n) is 4.57. The molecule has 1 aromatic rings. The summed E-state index contributed by atoms with van der Waals surface area (Å²) in [6, 6.07) is 3.54. The van der Waals surface area contributed by atoms with E-state index in [1.54, 1.807) is 6.26 Å². The predicted molar refractivity (Wildman–Crippen MR) is 60.7 cm³/mol. The quantitative estimate of drug-likeness (QED) is 0.818. The van der Waals surface area contributed by atoms with Crippen molar-refractivity contribution in [2.45, 2.75) is 44.2 Å². The molecule has 0 aliphatic heterocycles. The van der Waals surface area contributed by atoms with Crippen LogP contribution in [-0.2, 0) is 4.79 Å². The molecule has 0 bridgehead atoms. The van der Waals surface area contributed by atoms with Crippen LogP contribution in [0.5, 0.6) is 0 Å². The Kier molecular flexibility index (Phi) is 3.01. The zero-order chi connectivity index (χ0) is 11.6. The van der Waals surface area contributed by atoms with Crippen molar-refractivity contribution in [3.05, 3.63) is 24.2 Å². The van der Waals surface area contributed by atoms with Crippen LogP contribution in [0.15, 0.2) is 22.8 Å². The lowest BCUT2D eigenvalue weighted by atomic mass is 9.97. The summed E-state index contributed by atoms with van der Waals surface area (Å²) < 4.78 is 5.24. The number of hydrogen-bond donors (Lipinski definition) is 2. The second kappa shape index (κ2) is 4.29. The highest BCUT2D eigenvalue weighted by atomic mass is 16.3. The van der Waals surface area contributed by atoms with Gasteiger partial charge >= 0.3 is 0 Å². The van der Waals surface area contributed by atoms with Gasteiger partial charge in [-0.2, -0.15) is 0 Å². The summed E-state index contributed by atoms with van der Waals surface area (Å²) in [5.74, 6) is 0.698. The lowest BCUT2D eigenvalue weighted by Gasteiger charge is -2.24. The van der Waals surface area contributed by atoms with Gasteiger partial charge in [0.1, 0.15) is 5.76 Å². The molecule has 2 rings (SSSR count). The molecular formula is C12H18N2O2. The third kappa shape index (κ3) is 2.11. The van der Waals surface area contributed by atoms with Gasteiger partial charge in [0, 0.05) is 0 Å². The Balaban J connectivity index is 1.97. The Labute approximate surface area is 95.2 Å². The highest BCUT2D eigenvalue weighted by Crippen LogP contribution is 2.28. The summed E-state index contributed by atoms with van der Waals surface area (Å²) >= 11 is 0. The van der Waals surface area contributed by atoms with Crippen molar-refractivity contribution in [2.75, 3.05) is 0 Å². The lowest BCUT2D eigenvalue weighted by molar-refractivity contribution is -0.127. The summed E-state index contributed by atoms with van der Waals surface area (Å²) in [4.78, 5) is 12.0. The van der Waals surface area contributed by atoms with Crippen LogP contribution in [-0.4, -0.2) is 11.4 Å². The first-order valence-electron chi connectivity index (χ1n) is 5.75. The van der Waals surface area contributed by atoms with Gasteiger partial charge in [0.25, 0.3) is 0 Å². The summed E-state index contributed by atoms with van der Waals surface area (Å²) in [7, 11) is 0. The van der Waals surface area contributed by atoms with E-state index in [2.05, 4.69) is 5.32 Å². The third-order valence-corrected chi connectivity index (χ3v) is 3.27. The van der Waals surface area contributed by atoms with Gasteiger partial charge in [-0.05, 0) is 31.9 Å². The topological polar surface area (TPSA) is 68.3 Å². The second-order valence-corrected chi connectivity index (χ2v) is 4.57. The van der Waals surface area contributed by atoms with E-state index in [0.717, 1.165) is 31.4 Å². The van der Waals surface area contributed by atoms with E-state index in [9.17, 15) is 4.79 Å². The smallest absolute Gasteiger partial charge is 0.240 e. The van der Waals surface area contributed by atoms with Crippen molar-refractivity contribution in [3.63, 3.8) is 0 Å². The molecule has 1 atom stereocenters. The number of amides is 1. The first-order valence-corrected chi connectivity index (χ1v) is 5.75. The largest absolute Gasteiger partial charge is 0.467 e. The van der Waals surface area contributed by atoms with Crippen molar-refractivity contribution in [1.29, 1.82) is 0 Å². The molecule has 3 N–H and O–H groups in total. The van der Waals surface area contributed by atoms with Gasteiger partial charge in [-0.15, -0.1) is 0 Å². The first-order chi connectivity index (χ1) is 7.62. The molecule has 0 aromatic carbocycles. The van der Waals surface area contributed by atoms with Crippen molar-refractivity contribution in [2.24, 2.45) is 5.73 Å². The van der Waals surface area contributed by atoms with E-state index in [4.69, 9.17) is 10.2 Å². The number of rotatable bonds is 3. The average Bonchev–Trinajstić information content (AvgIpc) is 2.88. The van der Waals surface area contributed by atoms with Crippen molar-refractivity contribution in [1.82, 2.24) is 5.32 Å². The van der Waals surface area contributed by atoms with Crippen LogP contribution in [0.1, 0.15) is 44.4 Å². The summed E-state index contributed by atoms with van der Waals surface area (Å²) in [5, 5.41) is 2.91. The molecular weight excluding hydrogens is 204 g/mol. The molecule has 0 radical (unpaired) electrons. The first kappa shape index (κ1) is 11.2. The van der Waals surface area contributed by atoms with E-state index in [0.29, 0.717) is 0 Å². The van der Waals surface area contributed by atoms with Gasteiger partial charge < -0.3 is 15.5 Å². The molecule has 0 saturated heterocycles. The Morgan fingerprint density at radius 1 is 1.56 bits per heavy atom. The van der Waals surface area contributed by atoms with Crippen LogP contribution < -0.4 is 11.1 Å². The number of furan rings is 1. The SMILES string of the molecule is C[C@H](NC(=O)C1(N)CCCC1)c1ccco1. The standard InChI is InChI=1S/C12H18N2O2/c1-9(10-5-4-8-16-10)14-11(15)12(13)6-2-3-7-12/h4-5,8-9H,2-3,6-7,13H2,1H3,(H,14,15)/t9-/m0/s1. The average molecular weight is 222 g/mol. The van der Waals surface area contributed by atoms with Crippen molar-refractivity contribution < 1.29 is 9.21 Å². The minimum atomic E-state index is -0.666. The fourth-order valence-electron chi connectivity index (χ4n) is 2.18. The molecule has 1 aliphatic carbocycles. The van der Waals surface area contributed by atoms with E-state index < -0.39 is 5.54 Å². The van der Waals surface area contributed by atoms with Crippen LogP contribution in [0, 0.1) is 0 Å². The fraction of sp³-hybridized carbons (Fsp3) is 0.583. The normalized spacial score (nSPS) is 20.6. The minimum absolute atomic E-state index is 0.0612. The highest BCUT2D eigenvalue weighted by Gasteiger charge is 2.37. The third-order valence-electron chi connectivity index (χ3n) is 3.27.